The van der Waals surface area contributed by atoms with Gasteiger partial charge in [-0.2, -0.15) is 0 Å². The Hall–Kier alpha value is -3.22. The van der Waals surface area contributed by atoms with Gasteiger partial charge in [0.1, 0.15) is 5.82 Å². The molecule has 3 rings (SSSR count). The summed E-state index contributed by atoms with van der Waals surface area (Å²) in [6.07, 6.45) is 1.17. The summed E-state index contributed by atoms with van der Waals surface area (Å²) >= 11 is 0. The van der Waals surface area contributed by atoms with Crippen LogP contribution in [0.5, 0.6) is 0 Å². The minimum absolute atomic E-state index is 0.0108. The van der Waals surface area contributed by atoms with E-state index in [9.17, 15) is 18.8 Å². The fourth-order valence-corrected chi connectivity index (χ4v) is 2.74. The molecule has 1 N–H and O–H groups in total. The number of hydrogen-bond acceptors (Lipinski definition) is 4. The van der Waals surface area contributed by atoms with Gasteiger partial charge in [0.2, 0.25) is 5.91 Å². The number of carbonyl (C=O) groups excluding carboxylic acids is 3. The lowest BCUT2D eigenvalue weighted by atomic mass is 10.1. The number of ether oxygens (including phenoxy) is 1. The van der Waals surface area contributed by atoms with Gasteiger partial charge in [0.25, 0.3) is 5.91 Å². The van der Waals surface area contributed by atoms with Crippen LogP contribution in [-0.2, 0) is 14.3 Å². The first-order valence-electron chi connectivity index (χ1n) is 8.17. The molecule has 0 spiro atoms. The number of rotatable bonds is 5. The van der Waals surface area contributed by atoms with Gasteiger partial charge in [0, 0.05) is 13.0 Å². The fourth-order valence-electron chi connectivity index (χ4n) is 2.74. The highest BCUT2D eigenvalue weighted by atomic mass is 19.1. The van der Waals surface area contributed by atoms with E-state index in [0.29, 0.717) is 18.7 Å². The van der Waals surface area contributed by atoms with Crippen LogP contribution in [0.15, 0.2) is 48.5 Å². The molecule has 0 radical (unpaired) electrons. The number of nitrogens with zero attached hydrogens (tertiary/aromatic N) is 1. The second-order valence-electron chi connectivity index (χ2n) is 5.77. The van der Waals surface area contributed by atoms with Gasteiger partial charge in [-0.3, -0.25) is 9.59 Å². The molecule has 1 fully saturated rings. The maximum absolute atomic E-state index is 13.5. The van der Waals surface area contributed by atoms with E-state index in [1.807, 2.05) is 0 Å². The van der Waals surface area contributed by atoms with Crippen molar-refractivity contribution in [2.75, 3.05) is 23.4 Å². The Kier molecular flexibility index (Phi) is 5.26. The van der Waals surface area contributed by atoms with Crippen LogP contribution in [0.2, 0.25) is 0 Å². The van der Waals surface area contributed by atoms with E-state index in [0.717, 1.165) is 6.42 Å². The number of halogens is 1. The molecular weight excluding hydrogens is 339 g/mol. The van der Waals surface area contributed by atoms with Crippen molar-refractivity contribution in [1.82, 2.24) is 0 Å². The number of benzene rings is 2. The zero-order valence-corrected chi connectivity index (χ0v) is 13.9. The molecule has 0 bridgehead atoms. The highest BCUT2D eigenvalue weighted by Gasteiger charge is 2.26. The van der Waals surface area contributed by atoms with Gasteiger partial charge in [0.05, 0.1) is 16.9 Å². The number of carbonyl (C=O) groups is 3. The van der Waals surface area contributed by atoms with Crippen LogP contribution in [0.4, 0.5) is 15.8 Å². The highest BCUT2D eigenvalue weighted by molar-refractivity contribution is 6.04. The minimum atomic E-state index is -0.719. The molecule has 134 valence electrons. The number of anilines is 2. The summed E-state index contributed by atoms with van der Waals surface area (Å²) in [4.78, 5) is 37.7. The summed E-state index contributed by atoms with van der Waals surface area (Å²) < 4.78 is 18.5. The predicted octanol–water partition coefficient (Wildman–Crippen LogP) is 2.75. The Bertz CT molecular complexity index is 853. The zero-order chi connectivity index (χ0) is 18.5. The van der Waals surface area contributed by atoms with Crippen molar-refractivity contribution >= 4 is 29.2 Å². The van der Waals surface area contributed by atoms with Crippen molar-refractivity contribution in [1.29, 1.82) is 0 Å². The van der Waals surface area contributed by atoms with Crippen molar-refractivity contribution in [2.24, 2.45) is 0 Å². The van der Waals surface area contributed by atoms with Crippen molar-refractivity contribution in [3.8, 4) is 0 Å². The summed E-state index contributed by atoms with van der Waals surface area (Å²) in [7, 11) is 0. The number of esters is 1. The van der Waals surface area contributed by atoms with E-state index in [-0.39, 0.29) is 17.2 Å². The van der Waals surface area contributed by atoms with Gasteiger partial charge >= 0.3 is 5.97 Å². The minimum Gasteiger partial charge on any atom is -0.452 e. The van der Waals surface area contributed by atoms with Gasteiger partial charge in [0.15, 0.2) is 6.61 Å². The van der Waals surface area contributed by atoms with Gasteiger partial charge < -0.3 is 15.0 Å². The second-order valence-corrected chi connectivity index (χ2v) is 5.77. The van der Waals surface area contributed by atoms with E-state index in [2.05, 4.69) is 5.32 Å². The molecule has 2 aromatic rings. The quantitative estimate of drug-likeness (QED) is 0.836. The largest absolute Gasteiger partial charge is 0.452 e. The Morgan fingerprint density at radius 2 is 1.85 bits per heavy atom. The standard InChI is InChI=1S/C19H17FN2O4/c20-14-7-2-3-8-15(14)21-17(23)12-26-19(25)13-6-1-4-9-16(13)22-11-5-10-18(22)24/h1-4,6-9H,5,10-12H2,(H,21,23). The van der Waals surface area contributed by atoms with Gasteiger partial charge in [-0.05, 0) is 30.7 Å². The maximum atomic E-state index is 13.5. The molecule has 0 aromatic heterocycles. The van der Waals surface area contributed by atoms with Crippen molar-refractivity contribution in [3.05, 3.63) is 59.9 Å². The molecule has 26 heavy (non-hydrogen) atoms. The first-order chi connectivity index (χ1) is 12.6. The van der Waals surface area contributed by atoms with Crippen LogP contribution in [0.25, 0.3) is 0 Å². The predicted molar refractivity (Wildman–Crippen MR) is 93.3 cm³/mol. The third kappa shape index (κ3) is 3.88. The van der Waals surface area contributed by atoms with E-state index in [4.69, 9.17) is 4.74 Å². The van der Waals surface area contributed by atoms with Crippen LogP contribution >= 0.6 is 0 Å². The highest BCUT2D eigenvalue weighted by Crippen LogP contribution is 2.26. The van der Waals surface area contributed by atoms with Crippen molar-refractivity contribution < 1.29 is 23.5 Å². The Balaban J connectivity index is 1.65. The van der Waals surface area contributed by atoms with E-state index < -0.39 is 24.3 Å². The third-order valence-electron chi connectivity index (χ3n) is 3.97. The first kappa shape index (κ1) is 17.6. The van der Waals surface area contributed by atoms with Crippen LogP contribution < -0.4 is 10.2 Å². The fraction of sp³-hybridized carbons (Fsp3) is 0.211. The van der Waals surface area contributed by atoms with Crippen molar-refractivity contribution in [2.45, 2.75) is 12.8 Å². The summed E-state index contributed by atoms with van der Waals surface area (Å²) in [6, 6.07) is 12.3. The summed E-state index contributed by atoms with van der Waals surface area (Å²) in [5, 5.41) is 2.34. The number of amides is 2. The SMILES string of the molecule is O=C(COC(=O)c1ccccc1N1CCCC1=O)Nc1ccccc1F. The van der Waals surface area contributed by atoms with E-state index >= 15 is 0 Å². The monoisotopic (exact) mass is 356 g/mol. The molecule has 7 heteroatoms. The molecule has 0 saturated carbocycles. The van der Waals surface area contributed by atoms with Gasteiger partial charge in [-0.15, -0.1) is 0 Å². The lowest BCUT2D eigenvalue weighted by Crippen LogP contribution is -2.27. The molecule has 0 aliphatic carbocycles. The second kappa shape index (κ2) is 7.77. The van der Waals surface area contributed by atoms with Crippen LogP contribution in [-0.4, -0.2) is 30.9 Å². The summed E-state index contributed by atoms with van der Waals surface area (Å²) in [5.41, 5.74) is 0.688. The zero-order valence-electron chi connectivity index (χ0n) is 13.9. The van der Waals surface area contributed by atoms with E-state index in [1.54, 1.807) is 24.3 Å². The third-order valence-corrected chi connectivity index (χ3v) is 3.97. The molecule has 1 heterocycles. The molecular formula is C19H17FN2O4. The van der Waals surface area contributed by atoms with Gasteiger partial charge in [-0.1, -0.05) is 24.3 Å². The van der Waals surface area contributed by atoms with Crippen LogP contribution in [0, 0.1) is 5.82 Å². The molecule has 1 aliphatic rings. The Morgan fingerprint density at radius 3 is 2.58 bits per heavy atom. The average molecular weight is 356 g/mol. The molecule has 6 nitrogen and oxygen atoms in total. The maximum Gasteiger partial charge on any atom is 0.340 e. The summed E-state index contributed by atoms with van der Waals surface area (Å²) in [5.74, 6) is -2.00. The topological polar surface area (TPSA) is 75.7 Å². The van der Waals surface area contributed by atoms with Crippen molar-refractivity contribution in [3.63, 3.8) is 0 Å². The number of para-hydroxylation sites is 2. The normalized spacial score (nSPS) is 13.6. The Morgan fingerprint density at radius 1 is 1.12 bits per heavy atom. The molecule has 2 aromatic carbocycles. The average Bonchev–Trinajstić information content (AvgIpc) is 3.07. The van der Waals surface area contributed by atoms with Crippen LogP contribution in [0.3, 0.4) is 0 Å². The lowest BCUT2D eigenvalue weighted by Gasteiger charge is -2.18. The smallest absolute Gasteiger partial charge is 0.340 e. The van der Waals surface area contributed by atoms with E-state index in [1.165, 1.54) is 29.2 Å². The first-order valence-corrected chi connectivity index (χ1v) is 8.17. The molecule has 1 saturated heterocycles. The molecule has 2 amide bonds. The lowest BCUT2D eigenvalue weighted by molar-refractivity contribution is -0.119. The molecule has 0 atom stereocenters. The molecule has 1 aliphatic heterocycles. The number of nitrogens with one attached hydrogen (secondary N) is 1. The Labute approximate surface area is 149 Å². The molecule has 0 unspecified atom stereocenters. The number of hydrogen-bond donors (Lipinski definition) is 1. The summed E-state index contributed by atoms with van der Waals surface area (Å²) in [6.45, 7) is -0.0215. The van der Waals surface area contributed by atoms with Crippen LogP contribution in [0.1, 0.15) is 23.2 Å². The van der Waals surface area contributed by atoms with Gasteiger partial charge in [-0.25, -0.2) is 9.18 Å².